The molecular weight excluding hydrogens is 398 g/mol. The van der Waals surface area contributed by atoms with E-state index in [-0.39, 0.29) is 23.3 Å². The molecule has 154 valence electrons. The van der Waals surface area contributed by atoms with Crippen LogP contribution in [0.25, 0.3) is 23.0 Å². The lowest BCUT2D eigenvalue weighted by atomic mass is 10.1. The zero-order valence-corrected chi connectivity index (χ0v) is 17.3. The van der Waals surface area contributed by atoms with E-state index in [1.807, 2.05) is 66.9 Å². The van der Waals surface area contributed by atoms with Crippen LogP contribution in [0.4, 0.5) is 0 Å². The molecule has 4 rings (SSSR count). The molecule has 1 atom stereocenters. The Morgan fingerprint density at radius 1 is 1.10 bits per heavy atom. The second-order valence-corrected chi connectivity index (χ2v) is 9.66. The summed E-state index contributed by atoms with van der Waals surface area (Å²) in [7, 11) is -2.94. The molecule has 7 heteroatoms. The second-order valence-electron chi connectivity index (χ2n) is 7.43. The van der Waals surface area contributed by atoms with Crippen LogP contribution in [0.5, 0.6) is 0 Å². The summed E-state index contributed by atoms with van der Waals surface area (Å²) in [6.45, 7) is 0.372. The van der Waals surface area contributed by atoms with Crippen LogP contribution < -0.4 is 5.32 Å². The Balaban J connectivity index is 1.52. The summed E-state index contributed by atoms with van der Waals surface area (Å²) in [4.78, 5) is 12.3. The molecule has 1 fully saturated rings. The lowest BCUT2D eigenvalue weighted by Crippen LogP contribution is -2.28. The Bertz CT molecular complexity index is 1150. The maximum atomic E-state index is 12.3. The first-order valence-corrected chi connectivity index (χ1v) is 11.7. The van der Waals surface area contributed by atoms with Gasteiger partial charge in [-0.3, -0.25) is 4.79 Å². The van der Waals surface area contributed by atoms with Crippen molar-refractivity contribution in [2.24, 2.45) is 5.92 Å². The van der Waals surface area contributed by atoms with Crippen LogP contribution in [0.1, 0.15) is 12.0 Å². The van der Waals surface area contributed by atoms with Gasteiger partial charge in [0.2, 0.25) is 5.91 Å². The van der Waals surface area contributed by atoms with Crippen molar-refractivity contribution in [2.45, 2.75) is 6.42 Å². The van der Waals surface area contributed by atoms with Crippen LogP contribution >= 0.6 is 0 Å². The largest absolute Gasteiger partial charge is 0.352 e. The molecule has 1 amide bonds. The Kier molecular flexibility index (Phi) is 5.81. The summed E-state index contributed by atoms with van der Waals surface area (Å²) in [6.07, 6.45) is 5.72. The van der Waals surface area contributed by atoms with Gasteiger partial charge in [0.05, 0.1) is 22.9 Å². The first-order valence-electron chi connectivity index (χ1n) is 9.87. The van der Waals surface area contributed by atoms with Gasteiger partial charge in [0.1, 0.15) is 0 Å². The van der Waals surface area contributed by atoms with Gasteiger partial charge in [-0.25, -0.2) is 13.1 Å². The summed E-state index contributed by atoms with van der Waals surface area (Å²) in [5.41, 5.74) is 3.50. The predicted molar refractivity (Wildman–Crippen MR) is 118 cm³/mol. The number of rotatable bonds is 6. The minimum atomic E-state index is -2.94. The third-order valence-corrected chi connectivity index (χ3v) is 6.95. The molecule has 1 aliphatic heterocycles. The molecule has 2 heterocycles. The van der Waals surface area contributed by atoms with Crippen LogP contribution in [0.3, 0.4) is 0 Å². The van der Waals surface area contributed by atoms with Crippen LogP contribution in [-0.4, -0.2) is 42.2 Å². The van der Waals surface area contributed by atoms with Crippen molar-refractivity contribution >= 4 is 21.8 Å². The van der Waals surface area contributed by atoms with Crippen LogP contribution in [-0.2, 0) is 14.6 Å². The molecule has 0 bridgehead atoms. The van der Waals surface area contributed by atoms with Crippen molar-refractivity contribution in [3.63, 3.8) is 0 Å². The lowest BCUT2D eigenvalue weighted by Gasteiger charge is -2.07. The molecular formula is C23H23N3O3S. The number of amides is 1. The Hall–Kier alpha value is -3.19. The molecule has 1 saturated heterocycles. The van der Waals surface area contributed by atoms with Crippen molar-refractivity contribution in [1.82, 2.24) is 15.1 Å². The molecule has 1 unspecified atom stereocenters. The molecule has 1 N–H and O–H groups in total. The first-order chi connectivity index (χ1) is 14.5. The van der Waals surface area contributed by atoms with Gasteiger partial charge in [-0.2, -0.15) is 5.10 Å². The zero-order chi connectivity index (χ0) is 21.0. The molecule has 30 heavy (non-hydrogen) atoms. The van der Waals surface area contributed by atoms with Gasteiger partial charge < -0.3 is 5.32 Å². The standard InChI is InChI=1S/C23H23N3O3S/c27-22(24-15-18-13-14-30(28,29)17-18)12-11-20-16-26(21-9-5-2-6-10-21)25-23(20)19-7-3-1-4-8-19/h1-12,16,18H,13-15,17H2,(H,24,27). The van der Waals surface area contributed by atoms with E-state index in [4.69, 9.17) is 5.10 Å². The van der Waals surface area contributed by atoms with Crippen LogP contribution in [0, 0.1) is 5.92 Å². The molecule has 1 aliphatic rings. The molecule has 0 saturated carbocycles. The number of benzene rings is 2. The number of nitrogens with zero attached hydrogens (tertiary/aromatic N) is 2. The third-order valence-electron chi connectivity index (χ3n) is 5.12. The van der Waals surface area contributed by atoms with Gasteiger partial charge in [-0.15, -0.1) is 0 Å². The van der Waals surface area contributed by atoms with E-state index in [9.17, 15) is 13.2 Å². The number of aromatic nitrogens is 2. The van der Waals surface area contributed by atoms with Crippen LogP contribution in [0.15, 0.2) is 72.9 Å². The molecule has 0 spiro atoms. The number of carbonyl (C=O) groups excluding carboxylic acids is 1. The topological polar surface area (TPSA) is 81.1 Å². The predicted octanol–water partition coefficient (Wildman–Crippen LogP) is 3.10. The van der Waals surface area contributed by atoms with E-state index >= 15 is 0 Å². The quantitative estimate of drug-likeness (QED) is 0.620. The van der Waals surface area contributed by atoms with Crippen LogP contribution in [0.2, 0.25) is 0 Å². The number of hydrogen-bond donors (Lipinski definition) is 1. The van der Waals surface area contributed by atoms with E-state index in [1.54, 1.807) is 10.8 Å². The van der Waals surface area contributed by atoms with Gasteiger partial charge in [-0.1, -0.05) is 48.5 Å². The fourth-order valence-corrected chi connectivity index (χ4v) is 5.41. The van der Waals surface area contributed by atoms with Crippen molar-refractivity contribution < 1.29 is 13.2 Å². The van der Waals surface area contributed by atoms with Gasteiger partial charge in [0, 0.05) is 29.9 Å². The Labute approximate surface area is 176 Å². The smallest absolute Gasteiger partial charge is 0.244 e. The van der Waals surface area contributed by atoms with E-state index < -0.39 is 9.84 Å². The van der Waals surface area contributed by atoms with E-state index in [0.29, 0.717) is 13.0 Å². The highest BCUT2D eigenvalue weighted by Gasteiger charge is 2.27. The average Bonchev–Trinajstić information content (AvgIpc) is 3.35. The number of hydrogen-bond acceptors (Lipinski definition) is 4. The number of sulfone groups is 1. The first kappa shape index (κ1) is 20.1. The van der Waals surface area contributed by atoms with Gasteiger partial charge in [0.25, 0.3) is 0 Å². The van der Waals surface area contributed by atoms with Crippen molar-refractivity contribution in [2.75, 3.05) is 18.1 Å². The number of nitrogens with one attached hydrogen (secondary N) is 1. The van der Waals surface area contributed by atoms with Gasteiger partial charge in [0.15, 0.2) is 9.84 Å². The third kappa shape index (κ3) is 4.86. The van der Waals surface area contributed by atoms with E-state index in [1.165, 1.54) is 6.08 Å². The van der Waals surface area contributed by atoms with Crippen molar-refractivity contribution in [1.29, 1.82) is 0 Å². The summed E-state index contributed by atoms with van der Waals surface area (Å²) in [5, 5.41) is 7.53. The SMILES string of the molecule is O=C(C=Cc1cn(-c2ccccc2)nc1-c1ccccc1)NCC1CCS(=O)(=O)C1. The monoisotopic (exact) mass is 421 g/mol. The molecule has 0 radical (unpaired) electrons. The highest BCUT2D eigenvalue weighted by molar-refractivity contribution is 7.91. The maximum absolute atomic E-state index is 12.3. The minimum Gasteiger partial charge on any atom is -0.352 e. The zero-order valence-electron chi connectivity index (χ0n) is 16.4. The lowest BCUT2D eigenvalue weighted by molar-refractivity contribution is -0.116. The minimum absolute atomic E-state index is 0.00643. The second kappa shape index (κ2) is 8.67. The fourth-order valence-electron chi connectivity index (χ4n) is 3.54. The summed E-state index contributed by atoms with van der Waals surface area (Å²) in [6, 6.07) is 19.6. The molecule has 1 aromatic heterocycles. The molecule has 0 aliphatic carbocycles. The van der Waals surface area contributed by atoms with Gasteiger partial charge in [-0.05, 0) is 30.5 Å². The maximum Gasteiger partial charge on any atom is 0.244 e. The Morgan fingerprint density at radius 2 is 1.80 bits per heavy atom. The molecule has 3 aromatic rings. The van der Waals surface area contributed by atoms with Crippen molar-refractivity contribution in [3.8, 4) is 16.9 Å². The van der Waals surface area contributed by atoms with Gasteiger partial charge >= 0.3 is 0 Å². The fraction of sp³-hybridized carbons (Fsp3) is 0.217. The normalized spacial score (nSPS) is 17.9. The van der Waals surface area contributed by atoms with Crippen molar-refractivity contribution in [3.05, 3.63) is 78.5 Å². The highest BCUT2D eigenvalue weighted by Crippen LogP contribution is 2.24. The summed E-state index contributed by atoms with van der Waals surface area (Å²) >= 11 is 0. The highest BCUT2D eigenvalue weighted by atomic mass is 32.2. The van der Waals surface area contributed by atoms with E-state index in [2.05, 4.69) is 5.32 Å². The number of carbonyl (C=O) groups is 1. The number of para-hydroxylation sites is 1. The Morgan fingerprint density at radius 3 is 2.47 bits per heavy atom. The summed E-state index contributed by atoms with van der Waals surface area (Å²) < 4.78 is 24.9. The average molecular weight is 422 g/mol. The molecule has 6 nitrogen and oxygen atoms in total. The summed E-state index contributed by atoms with van der Waals surface area (Å²) in [5.74, 6) is 0.111. The molecule has 2 aromatic carbocycles. The van der Waals surface area contributed by atoms with E-state index in [0.717, 1.165) is 22.5 Å².